The Labute approximate surface area is 70.9 Å². The van der Waals surface area contributed by atoms with Crippen LogP contribution in [0, 0.1) is 11.3 Å². The predicted molar refractivity (Wildman–Crippen MR) is 42.2 cm³/mol. The summed E-state index contributed by atoms with van der Waals surface area (Å²) in [5.41, 5.74) is -0.250. The highest BCUT2D eigenvalue weighted by atomic mass is 35.5. The van der Waals surface area contributed by atoms with E-state index in [1.807, 2.05) is 6.92 Å². The summed E-state index contributed by atoms with van der Waals surface area (Å²) < 4.78 is 25.1. The first kappa shape index (κ1) is 9.24. The van der Waals surface area contributed by atoms with Crippen LogP contribution in [0.4, 0.5) is 8.78 Å². The van der Waals surface area contributed by atoms with Crippen LogP contribution in [0.3, 0.4) is 0 Å². The largest absolute Gasteiger partial charge is 0.246 e. The molecule has 0 aromatic carbocycles. The van der Waals surface area contributed by atoms with E-state index in [0.29, 0.717) is 11.8 Å². The minimum Gasteiger partial charge on any atom is -0.207 e. The molecular formula is C8H13ClF2. The second kappa shape index (κ2) is 2.58. The fraction of sp³-hybridized carbons (Fsp3) is 1.00. The van der Waals surface area contributed by atoms with Gasteiger partial charge in [0.25, 0.3) is 0 Å². The molecule has 0 saturated heterocycles. The van der Waals surface area contributed by atoms with Gasteiger partial charge < -0.3 is 0 Å². The molecule has 0 radical (unpaired) electrons. The molecule has 0 aliphatic heterocycles. The molecule has 0 aromatic heterocycles. The first-order chi connectivity index (χ1) is 4.90. The first-order valence-corrected chi connectivity index (χ1v) is 4.37. The lowest BCUT2D eigenvalue weighted by Gasteiger charge is -2.17. The number of hydrogen-bond donors (Lipinski definition) is 0. The minimum atomic E-state index is -2.56. The molecule has 1 aliphatic carbocycles. The number of hydrogen-bond acceptors (Lipinski definition) is 0. The van der Waals surface area contributed by atoms with Crippen LogP contribution in [0.15, 0.2) is 0 Å². The lowest BCUT2D eigenvalue weighted by atomic mass is 9.98. The van der Waals surface area contributed by atoms with Crippen LogP contribution < -0.4 is 0 Å². The van der Waals surface area contributed by atoms with Gasteiger partial charge >= 0.3 is 0 Å². The Morgan fingerprint density at radius 1 is 1.64 bits per heavy atom. The Kier molecular flexibility index (Phi) is 2.17. The maximum Gasteiger partial charge on any atom is 0.246 e. The molecule has 0 nitrogen and oxygen atoms in total. The second-order valence-electron chi connectivity index (χ2n) is 3.85. The van der Waals surface area contributed by atoms with E-state index in [0.717, 1.165) is 13.3 Å². The van der Waals surface area contributed by atoms with Gasteiger partial charge in [0.15, 0.2) is 0 Å². The normalized spacial score (nSPS) is 37.4. The average molecular weight is 183 g/mol. The Hall–Kier alpha value is 0.150. The van der Waals surface area contributed by atoms with Gasteiger partial charge in [-0.05, 0) is 24.7 Å². The quantitative estimate of drug-likeness (QED) is 0.588. The lowest BCUT2D eigenvalue weighted by Crippen LogP contribution is -2.19. The van der Waals surface area contributed by atoms with E-state index >= 15 is 0 Å². The van der Waals surface area contributed by atoms with Crippen molar-refractivity contribution in [3.8, 4) is 0 Å². The van der Waals surface area contributed by atoms with E-state index < -0.39 is 5.92 Å². The minimum absolute atomic E-state index is 0.0509. The summed E-state index contributed by atoms with van der Waals surface area (Å²) in [5, 5.41) is 0. The van der Waals surface area contributed by atoms with Crippen molar-refractivity contribution in [1.82, 2.24) is 0 Å². The molecule has 66 valence electrons. The van der Waals surface area contributed by atoms with Crippen LogP contribution in [0.1, 0.15) is 26.7 Å². The van der Waals surface area contributed by atoms with Gasteiger partial charge in [-0.1, -0.05) is 6.92 Å². The summed E-state index contributed by atoms with van der Waals surface area (Å²) in [6.45, 7) is 2.94. The van der Waals surface area contributed by atoms with Gasteiger partial charge in [-0.15, -0.1) is 11.6 Å². The standard InChI is InChI=1S/C8H13ClF2/c1-6-3-8(6,5-9)4-7(2,10)11/h6H,3-5H2,1-2H3. The van der Waals surface area contributed by atoms with Crippen molar-refractivity contribution in [2.75, 3.05) is 5.88 Å². The summed E-state index contributed by atoms with van der Waals surface area (Å²) in [4.78, 5) is 0. The monoisotopic (exact) mass is 182 g/mol. The van der Waals surface area contributed by atoms with E-state index in [9.17, 15) is 8.78 Å². The number of rotatable bonds is 3. The third-order valence-electron chi connectivity index (χ3n) is 2.53. The van der Waals surface area contributed by atoms with Crippen molar-refractivity contribution in [2.45, 2.75) is 32.6 Å². The third-order valence-corrected chi connectivity index (χ3v) is 3.06. The maximum atomic E-state index is 12.6. The van der Waals surface area contributed by atoms with Crippen LogP contribution >= 0.6 is 11.6 Å². The molecule has 0 aromatic rings. The highest BCUT2D eigenvalue weighted by Crippen LogP contribution is 2.58. The van der Waals surface area contributed by atoms with Crippen molar-refractivity contribution in [3.63, 3.8) is 0 Å². The molecular weight excluding hydrogens is 170 g/mol. The van der Waals surface area contributed by atoms with E-state index in [2.05, 4.69) is 0 Å². The molecule has 0 heterocycles. The predicted octanol–water partition coefficient (Wildman–Crippen LogP) is 3.30. The number of halogens is 3. The zero-order valence-corrected chi connectivity index (χ0v) is 7.59. The van der Waals surface area contributed by atoms with Crippen LogP contribution in [0.5, 0.6) is 0 Å². The Bertz CT molecular complexity index is 149. The summed E-state index contributed by atoms with van der Waals surface area (Å²) in [5.74, 6) is -1.80. The molecule has 2 atom stereocenters. The van der Waals surface area contributed by atoms with Gasteiger partial charge in [0.05, 0.1) is 0 Å². The Morgan fingerprint density at radius 3 is 2.18 bits per heavy atom. The Morgan fingerprint density at radius 2 is 2.09 bits per heavy atom. The Balaban J connectivity index is 2.48. The summed E-state index contributed by atoms with van der Waals surface area (Å²) in [7, 11) is 0. The molecule has 1 rings (SSSR count). The maximum absolute atomic E-state index is 12.6. The van der Waals surface area contributed by atoms with Crippen LogP contribution in [-0.4, -0.2) is 11.8 Å². The fourth-order valence-electron chi connectivity index (χ4n) is 1.65. The second-order valence-corrected chi connectivity index (χ2v) is 4.12. The van der Waals surface area contributed by atoms with Crippen molar-refractivity contribution >= 4 is 11.6 Å². The average Bonchev–Trinajstić information content (AvgIpc) is 2.39. The van der Waals surface area contributed by atoms with E-state index in [-0.39, 0.29) is 11.8 Å². The summed E-state index contributed by atoms with van der Waals surface area (Å²) >= 11 is 5.62. The highest BCUT2D eigenvalue weighted by Gasteiger charge is 2.54. The van der Waals surface area contributed by atoms with Gasteiger partial charge in [0.1, 0.15) is 0 Å². The van der Waals surface area contributed by atoms with Crippen LogP contribution in [-0.2, 0) is 0 Å². The smallest absolute Gasteiger partial charge is 0.207 e. The number of alkyl halides is 3. The molecule has 0 spiro atoms. The van der Waals surface area contributed by atoms with Crippen LogP contribution in [0.25, 0.3) is 0 Å². The zero-order valence-electron chi connectivity index (χ0n) is 6.83. The van der Waals surface area contributed by atoms with Gasteiger partial charge in [-0.3, -0.25) is 0 Å². The molecule has 1 fully saturated rings. The van der Waals surface area contributed by atoms with Gasteiger partial charge in [0, 0.05) is 12.3 Å². The van der Waals surface area contributed by atoms with Crippen molar-refractivity contribution in [2.24, 2.45) is 11.3 Å². The zero-order chi connectivity index (χ0) is 8.70. The molecule has 0 N–H and O–H groups in total. The van der Waals surface area contributed by atoms with Gasteiger partial charge in [-0.25, -0.2) is 8.78 Å². The highest BCUT2D eigenvalue weighted by molar-refractivity contribution is 6.18. The van der Waals surface area contributed by atoms with Gasteiger partial charge in [0.2, 0.25) is 5.92 Å². The molecule has 3 heteroatoms. The van der Waals surface area contributed by atoms with Crippen molar-refractivity contribution in [3.05, 3.63) is 0 Å². The van der Waals surface area contributed by atoms with Crippen molar-refractivity contribution < 1.29 is 8.78 Å². The summed E-state index contributed by atoms with van der Waals surface area (Å²) in [6.07, 6.45) is 0.810. The van der Waals surface area contributed by atoms with Gasteiger partial charge in [-0.2, -0.15) is 0 Å². The first-order valence-electron chi connectivity index (χ1n) is 3.83. The molecule has 0 amide bonds. The fourth-order valence-corrected chi connectivity index (χ4v) is 2.12. The topological polar surface area (TPSA) is 0 Å². The third kappa shape index (κ3) is 2.05. The van der Waals surface area contributed by atoms with E-state index in [4.69, 9.17) is 11.6 Å². The van der Waals surface area contributed by atoms with E-state index in [1.54, 1.807) is 0 Å². The van der Waals surface area contributed by atoms with E-state index in [1.165, 1.54) is 0 Å². The SMILES string of the molecule is CC1CC1(CCl)CC(C)(F)F. The molecule has 1 saturated carbocycles. The summed E-state index contributed by atoms with van der Waals surface area (Å²) in [6, 6.07) is 0. The molecule has 0 bridgehead atoms. The molecule has 11 heavy (non-hydrogen) atoms. The molecule has 1 aliphatic rings. The molecule has 2 unspecified atom stereocenters. The lowest BCUT2D eigenvalue weighted by molar-refractivity contribution is -0.00699. The van der Waals surface area contributed by atoms with Crippen molar-refractivity contribution in [1.29, 1.82) is 0 Å². The van der Waals surface area contributed by atoms with Crippen LogP contribution in [0.2, 0.25) is 0 Å².